The summed E-state index contributed by atoms with van der Waals surface area (Å²) in [7, 11) is 0. The molecule has 0 aliphatic rings. The van der Waals surface area contributed by atoms with Gasteiger partial charge in [-0.3, -0.25) is 14.6 Å². The number of nitrogens with one attached hydrogen (secondary N) is 2. The minimum absolute atomic E-state index is 0.268. The maximum atomic E-state index is 12.0. The third-order valence-electron chi connectivity index (χ3n) is 3.33. The fraction of sp³-hybridized carbons (Fsp3) is 0.250. The van der Waals surface area contributed by atoms with Crippen molar-refractivity contribution in [2.45, 2.75) is 26.2 Å². The van der Waals surface area contributed by atoms with Gasteiger partial charge in [-0.15, -0.1) is 0 Å². The van der Waals surface area contributed by atoms with E-state index in [0.717, 1.165) is 17.2 Å². The Balaban J connectivity index is 2.37. The van der Waals surface area contributed by atoms with Gasteiger partial charge in [0.15, 0.2) is 0 Å². The lowest BCUT2D eigenvalue weighted by molar-refractivity contribution is -0.121. The van der Waals surface area contributed by atoms with Crippen LogP contribution in [0.5, 0.6) is 5.88 Å². The molecule has 0 atom stereocenters. The Labute approximate surface area is 147 Å². The summed E-state index contributed by atoms with van der Waals surface area (Å²) in [6.07, 6.45) is 2.87. The van der Waals surface area contributed by atoms with Crippen molar-refractivity contribution in [3.8, 4) is 11.6 Å². The lowest BCUT2D eigenvalue weighted by atomic mass is 10.2. The number of unbranched alkanes of at least 4 members (excludes halogenated alkanes) is 1. The molecule has 0 fully saturated rings. The SMILES string of the molecule is CCCCC(=O)N/N=C/c1c(O)n(-c2cccc(Cl)c2)c(=O)[nH]c1=O. The molecule has 0 radical (unpaired) electrons. The summed E-state index contributed by atoms with van der Waals surface area (Å²) >= 11 is 5.89. The van der Waals surface area contributed by atoms with Crippen LogP contribution in [0.15, 0.2) is 39.0 Å². The molecule has 0 saturated carbocycles. The Bertz CT molecular complexity index is 917. The van der Waals surface area contributed by atoms with Crippen LogP contribution in [0, 0.1) is 0 Å². The highest BCUT2D eigenvalue weighted by Gasteiger charge is 2.14. The fourth-order valence-electron chi connectivity index (χ4n) is 2.07. The zero-order chi connectivity index (χ0) is 18.4. The van der Waals surface area contributed by atoms with E-state index in [1.165, 1.54) is 6.07 Å². The van der Waals surface area contributed by atoms with Crippen molar-refractivity contribution in [2.75, 3.05) is 0 Å². The number of hydrogen-bond donors (Lipinski definition) is 3. The van der Waals surface area contributed by atoms with Crippen molar-refractivity contribution in [1.82, 2.24) is 15.0 Å². The van der Waals surface area contributed by atoms with Crippen LogP contribution >= 0.6 is 11.6 Å². The molecule has 0 saturated heterocycles. The maximum absolute atomic E-state index is 12.0. The second kappa shape index (κ2) is 8.29. The molecule has 2 rings (SSSR count). The highest BCUT2D eigenvalue weighted by molar-refractivity contribution is 6.30. The van der Waals surface area contributed by atoms with Crippen LogP contribution in [0.25, 0.3) is 5.69 Å². The van der Waals surface area contributed by atoms with Crippen molar-refractivity contribution in [1.29, 1.82) is 0 Å². The number of carbonyl (C=O) groups excluding carboxylic acids is 1. The maximum Gasteiger partial charge on any atom is 0.335 e. The van der Waals surface area contributed by atoms with Crippen LogP contribution in [0.3, 0.4) is 0 Å². The summed E-state index contributed by atoms with van der Waals surface area (Å²) in [5.41, 5.74) is 0.613. The standard InChI is InChI=1S/C16H17ClN4O4/c1-2-3-7-13(22)20-18-9-12-14(23)19-16(25)21(15(12)24)11-6-4-5-10(17)8-11/h4-6,8-9,24H,2-3,7H2,1H3,(H,20,22)(H,19,23,25)/b18-9+. The van der Waals surface area contributed by atoms with Crippen LogP contribution in [0.4, 0.5) is 0 Å². The first-order valence-corrected chi connectivity index (χ1v) is 7.98. The molecular formula is C16H17ClN4O4. The third kappa shape index (κ3) is 4.57. The van der Waals surface area contributed by atoms with Gasteiger partial charge in [-0.05, 0) is 24.6 Å². The van der Waals surface area contributed by atoms with Crippen molar-refractivity contribution < 1.29 is 9.90 Å². The number of benzene rings is 1. The van der Waals surface area contributed by atoms with Crippen LogP contribution in [0.1, 0.15) is 31.7 Å². The van der Waals surface area contributed by atoms with Crippen LogP contribution in [-0.2, 0) is 4.79 Å². The van der Waals surface area contributed by atoms with Gasteiger partial charge in [-0.25, -0.2) is 14.8 Å². The molecule has 3 N–H and O–H groups in total. The Morgan fingerprint density at radius 1 is 1.44 bits per heavy atom. The number of aromatic hydroxyl groups is 1. The average Bonchev–Trinajstić information content (AvgIpc) is 2.55. The van der Waals surface area contributed by atoms with Gasteiger partial charge in [-0.1, -0.05) is 31.0 Å². The fourth-order valence-corrected chi connectivity index (χ4v) is 2.26. The van der Waals surface area contributed by atoms with Gasteiger partial charge in [0.2, 0.25) is 11.8 Å². The van der Waals surface area contributed by atoms with E-state index in [0.29, 0.717) is 17.9 Å². The number of hydrazone groups is 1. The van der Waals surface area contributed by atoms with E-state index in [9.17, 15) is 19.5 Å². The van der Waals surface area contributed by atoms with Crippen LogP contribution in [0.2, 0.25) is 5.02 Å². The average molecular weight is 365 g/mol. The van der Waals surface area contributed by atoms with Gasteiger partial charge in [-0.2, -0.15) is 5.10 Å². The second-order valence-electron chi connectivity index (χ2n) is 5.21. The number of hydrogen-bond acceptors (Lipinski definition) is 5. The Kier molecular flexibility index (Phi) is 6.13. The molecule has 1 amide bonds. The molecular weight excluding hydrogens is 348 g/mol. The lowest BCUT2D eigenvalue weighted by Gasteiger charge is -2.09. The number of amides is 1. The first kappa shape index (κ1) is 18.5. The normalized spacial score (nSPS) is 11.0. The lowest BCUT2D eigenvalue weighted by Crippen LogP contribution is -2.31. The summed E-state index contributed by atoms with van der Waals surface area (Å²) in [4.78, 5) is 37.5. The van der Waals surface area contributed by atoms with Crippen LogP contribution in [-0.4, -0.2) is 26.8 Å². The predicted octanol–water partition coefficient (Wildman–Crippen LogP) is 1.53. The van der Waals surface area contributed by atoms with E-state index in [1.807, 2.05) is 6.92 Å². The molecule has 9 heteroatoms. The van der Waals surface area contributed by atoms with Crippen molar-refractivity contribution in [3.05, 3.63) is 55.7 Å². The smallest absolute Gasteiger partial charge is 0.335 e. The number of nitrogens with zero attached hydrogens (tertiary/aromatic N) is 2. The van der Waals surface area contributed by atoms with Gasteiger partial charge in [0, 0.05) is 11.4 Å². The summed E-state index contributed by atoms with van der Waals surface area (Å²) in [5, 5.41) is 14.3. The Morgan fingerprint density at radius 2 is 2.20 bits per heavy atom. The molecule has 0 aliphatic carbocycles. The van der Waals surface area contributed by atoms with E-state index < -0.39 is 17.1 Å². The monoisotopic (exact) mass is 364 g/mol. The molecule has 132 valence electrons. The number of aromatic nitrogens is 2. The highest BCUT2D eigenvalue weighted by atomic mass is 35.5. The zero-order valence-corrected chi connectivity index (χ0v) is 14.2. The number of aromatic amines is 1. The molecule has 0 unspecified atom stereocenters. The topological polar surface area (TPSA) is 117 Å². The molecule has 1 aromatic carbocycles. The van der Waals surface area contributed by atoms with E-state index in [4.69, 9.17) is 11.6 Å². The molecule has 25 heavy (non-hydrogen) atoms. The minimum Gasteiger partial charge on any atom is -0.493 e. The van der Waals surface area contributed by atoms with E-state index in [-0.39, 0.29) is 17.2 Å². The highest BCUT2D eigenvalue weighted by Crippen LogP contribution is 2.18. The quantitative estimate of drug-likeness (QED) is 0.532. The largest absolute Gasteiger partial charge is 0.493 e. The van der Waals surface area contributed by atoms with E-state index >= 15 is 0 Å². The number of rotatable bonds is 6. The summed E-state index contributed by atoms with van der Waals surface area (Å²) in [5.74, 6) is -0.917. The number of carbonyl (C=O) groups is 1. The second-order valence-corrected chi connectivity index (χ2v) is 5.65. The van der Waals surface area contributed by atoms with Gasteiger partial charge in [0.25, 0.3) is 5.56 Å². The zero-order valence-electron chi connectivity index (χ0n) is 13.5. The van der Waals surface area contributed by atoms with E-state index in [1.54, 1.807) is 18.2 Å². The number of H-pyrrole nitrogens is 1. The number of halogens is 1. The minimum atomic E-state index is -0.827. The Hall–Kier alpha value is -2.87. The molecule has 8 nitrogen and oxygen atoms in total. The first-order valence-electron chi connectivity index (χ1n) is 7.60. The summed E-state index contributed by atoms with van der Waals surface area (Å²) in [6, 6.07) is 6.19. The van der Waals surface area contributed by atoms with Gasteiger partial charge < -0.3 is 5.11 Å². The van der Waals surface area contributed by atoms with Gasteiger partial charge in [0.05, 0.1) is 11.9 Å². The molecule has 1 aromatic heterocycles. The van der Waals surface area contributed by atoms with Crippen molar-refractivity contribution >= 4 is 23.7 Å². The van der Waals surface area contributed by atoms with Gasteiger partial charge in [0.1, 0.15) is 5.56 Å². The molecule has 0 aliphatic heterocycles. The van der Waals surface area contributed by atoms with Gasteiger partial charge >= 0.3 is 5.69 Å². The first-order chi connectivity index (χ1) is 11.9. The van der Waals surface area contributed by atoms with Crippen molar-refractivity contribution in [3.63, 3.8) is 0 Å². The molecule has 0 bridgehead atoms. The molecule has 0 spiro atoms. The van der Waals surface area contributed by atoms with Crippen LogP contribution < -0.4 is 16.7 Å². The molecule has 2 aromatic rings. The summed E-state index contributed by atoms with van der Waals surface area (Å²) < 4.78 is 0.882. The van der Waals surface area contributed by atoms with E-state index in [2.05, 4.69) is 15.5 Å². The molecule has 1 heterocycles. The third-order valence-corrected chi connectivity index (χ3v) is 3.56. The predicted molar refractivity (Wildman–Crippen MR) is 94.6 cm³/mol. The van der Waals surface area contributed by atoms with Crippen molar-refractivity contribution in [2.24, 2.45) is 5.10 Å². The summed E-state index contributed by atoms with van der Waals surface area (Å²) in [6.45, 7) is 1.95. The Morgan fingerprint density at radius 3 is 2.88 bits per heavy atom.